The minimum atomic E-state index is -0.565. The Balaban J connectivity index is 2.40. The van der Waals surface area contributed by atoms with Gasteiger partial charge in [-0.15, -0.1) is 0 Å². The average molecular weight is 215 g/mol. The lowest BCUT2D eigenvalue weighted by atomic mass is 10.2. The van der Waals surface area contributed by atoms with Crippen LogP contribution in [0.15, 0.2) is 0 Å². The maximum Gasteiger partial charge on any atom is 0.408 e. The van der Waals surface area contributed by atoms with Gasteiger partial charge >= 0.3 is 6.09 Å². The van der Waals surface area contributed by atoms with Crippen LogP contribution in [0.5, 0.6) is 0 Å². The summed E-state index contributed by atoms with van der Waals surface area (Å²) in [5, 5.41) is 2.51. The lowest BCUT2D eigenvalue weighted by Crippen LogP contribution is -2.57. The van der Waals surface area contributed by atoms with E-state index >= 15 is 0 Å². The zero-order valence-corrected chi connectivity index (χ0v) is 9.22. The molecule has 1 aliphatic rings. The molecule has 2 amide bonds. The average Bonchev–Trinajstić information content (AvgIpc) is 2.05. The molecule has 0 bridgehead atoms. The van der Waals surface area contributed by atoms with Crippen LogP contribution in [0.3, 0.4) is 0 Å². The zero-order valence-electron chi connectivity index (χ0n) is 9.22. The molecule has 6 nitrogen and oxygen atoms in total. The van der Waals surface area contributed by atoms with Crippen molar-refractivity contribution in [2.24, 2.45) is 0 Å². The number of carbonyl (C=O) groups is 2. The van der Waals surface area contributed by atoms with E-state index in [-0.39, 0.29) is 5.91 Å². The van der Waals surface area contributed by atoms with E-state index in [0.29, 0.717) is 13.0 Å². The van der Waals surface area contributed by atoms with Crippen molar-refractivity contribution in [3.05, 3.63) is 0 Å². The van der Waals surface area contributed by atoms with Crippen molar-refractivity contribution in [1.29, 1.82) is 0 Å². The van der Waals surface area contributed by atoms with Gasteiger partial charge in [0.15, 0.2) is 0 Å². The molecule has 1 heterocycles. The molecule has 1 rings (SSSR count). The number of nitrogens with one attached hydrogen (secondary N) is 3. The van der Waals surface area contributed by atoms with Gasteiger partial charge in [0.05, 0.1) is 0 Å². The summed E-state index contributed by atoms with van der Waals surface area (Å²) in [4.78, 5) is 22.6. The van der Waals surface area contributed by atoms with Gasteiger partial charge < -0.3 is 10.1 Å². The molecule has 15 heavy (non-hydrogen) atoms. The van der Waals surface area contributed by atoms with Crippen LogP contribution in [-0.4, -0.2) is 30.2 Å². The molecule has 0 radical (unpaired) electrons. The van der Waals surface area contributed by atoms with Gasteiger partial charge in [-0.3, -0.25) is 10.2 Å². The van der Waals surface area contributed by atoms with Crippen LogP contribution >= 0.6 is 0 Å². The minimum Gasteiger partial charge on any atom is -0.444 e. The molecule has 0 spiro atoms. The van der Waals surface area contributed by atoms with Crippen LogP contribution in [0, 0.1) is 0 Å². The molecule has 1 atom stereocenters. The molecule has 1 unspecified atom stereocenters. The Bertz CT molecular complexity index is 260. The summed E-state index contributed by atoms with van der Waals surface area (Å²) in [5.74, 6) is -0.243. The van der Waals surface area contributed by atoms with Crippen LogP contribution in [0.1, 0.15) is 27.2 Å². The molecular formula is C9H17N3O3. The summed E-state index contributed by atoms with van der Waals surface area (Å²) in [6.45, 7) is 5.95. The number of hydrazine groups is 1. The van der Waals surface area contributed by atoms with Crippen molar-refractivity contribution in [1.82, 2.24) is 16.2 Å². The van der Waals surface area contributed by atoms with Gasteiger partial charge in [-0.05, 0) is 27.2 Å². The van der Waals surface area contributed by atoms with Crippen molar-refractivity contribution in [3.63, 3.8) is 0 Å². The fourth-order valence-corrected chi connectivity index (χ4v) is 1.17. The van der Waals surface area contributed by atoms with Crippen LogP contribution in [-0.2, 0) is 9.53 Å². The van der Waals surface area contributed by atoms with Crippen molar-refractivity contribution in [2.75, 3.05) is 6.54 Å². The number of amides is 2. The van der Waals surface area contributed by atoms with E-state index < -0.39 is 17.7 Å². The quantitative estimate of drug-likeness (QED) is 0.571. The lowest BCUT2D eigenvalue weighted by Gasteiger charge is -2.25. The smallest absolute Gasteiger partial charge is 0.408 e. The third kappa shape index (κ3) is 4.16. The van der Waals surface area contributed by atoms with Crippen molar-refractivity contribution < 1.29 is 14.3 Å². The van der Waals surface area contributed by atoms with Gasteiger partial charge in [-0.1, -0.05) is 0 Å². The molecule has 0 aromatic heterocycles. The van der Waals surface area contributed by atoms with E-state index in [1.165, 1.54) is 0 Å². The van der Waals surface area contributed by atoms with Gasteiger partial charge in [0.25, 0.3) is 5.91 Å². The third-order valence-corrected chi connectivity index (χ3v) is 1.78. The molecule has 0 saturated carbocycles. The first-order valence-electron chi connectivity index (χ1n) is 4.91. The molecule has 6 heteroatoms. The van der Waals surface area contributed by atoms with Gasteiger partial charge in [0, 0.05) is 6.54 Å². The van der Waals surface area contributed by atoms with Crippen molar-refractivity contribution >= 4 is 12.0 Å². The van der Waals surface area contributed by atoms with Crippen molar-refractivity contribution in [3.8, 4) is 0 Å². The first-order chi connectivity index (χ1) is 6.88. The Hall–Kier alpha value is -1.30. The lowest BCUT2D eigenvalue weighted by molar-refractivity contribution is -0.125. The van der Waals surface area contributed by atoms with E-state index in [0.717, 1.165) is 0 Å². The number of alkyl carbamates (subject to hydrolysis) is 1. The zero-order chi connectivity index (χ0) is 11.5. The number of ether oxygens (including phenoxy) is 1. The summed E-state index contributed by atoms with van der Waals surface area (Å²) in [6, 6.07) is -0.513. The topological polar surface area (TPSA) is 79.5 Å². The highest BCUT2D eigenvalue weighted by atomic mass is 16.6. The monoisotopic (exact) mass is 215 g/mol. The summed E-state index contributed by atoms with van der Waals surface area (Å²) < 4.78 is 5.04. The summed E-state index contributed by atoms with van der Waals surface area (Å²) in [7, 11) is 0. The molecule has 86 valence electrons. The predicted octanol–water partition coefficient (Wildman–Crippen LogP) is -0.0958. The predicted molar refractivity (Wildman–Crippen MR) is 53.9 cm³/mol. The van der Waals surface area contributed by atoms with E-state index in [9.17, 15) is 9.59 Å². The number of carbonyl (C=O) groups excluding carboxylic acids is 2. The van der Waals surface area contributed by atoms with Gasteiger partial charge in [0.1, 0.15) is 11.6 Å². The summed E-state index contributed by atoms with van der Waals surface area (Å²) >= 11 is 0. The second-order valence-corrected chi connectivity index (χ2v) is 4.40. The van der Waals surface area contributed by atoms with Gasteiger partial charge in [-0.25, -0.2) is 10.2 Å². The number of hydrogen-bond acceptors (Lipinski definition) is 4. The largest absolute Gasteiger partial charge is 0.444 e. The Kier molecular flexibility index (Phi) is 3.52. The summed E-state index contributed by atoms with van der Waals surface area (Å²) in [6.07, 6.45) is -0.00464. The maximum absolute atomic E-state index is 11.3. The van der Waals surface area contributed by atoms with Gasteiger partial charge in [-0.2, -0.15) is 0 Å². The molecule has 0 aromatic carbocycles. The highest BCUT2D eigenvalue weighted by Gasteiger charge is 2.25. The first kappa shape index (κ1) is 11.8. The first-order valence-corrected chi connectivity index (χ1v) is 4.91. The SMILES string of the molecule is CC(C)(C)OC(=O)NC1CCNNC1=O. The maximum atomic E-state index is 11.3. The molecule has 0 aromatic rings. The Morgan fingerprint density at radius 2 is 2.20 bits per heavy atom. The standard InChI is InChI=1S/C9H17N3O3/c1-9(2,3)15-8(14)11-6-4-5-10-12-7(6)13/h6,10H,4-5H2,1-3H3,(H,11,14)(H,12,13). The fraction of sp³-hybridized carbons (Fsp3) is 0.778. The number of rotatable bonds is 1. The normalized spacial score (nSPS) is 21.8. The second-order valence-electron chi connectivity index (χ2n) is 4.40. The Morgan fingerprint density at radius 1 is 1.53 bits per heavy atom. The van der Waals surface area contributed by atoms with Crippen LogP contribution in [0.25, 0.3) is 0 Å². The highest BCUT2D eigenvalue weighted by Crippen LogP contribution is 2.07. The van der Waals surface area contributed by atoms with Crippen LogP contribution in [0.2, 0.25) is 0 Å². The molecule has 3 N–H and O–H groups in total. The van der Waals surface area contributed by atoms with E-state index in [4.69, 9.17) is 4.74 Å². The van der Waals surface area contributed by atoms with E-state index in [1.54, 1.807) is 20.8 Å². The summed E-state index contributed by atoms with van der Waals surface area (Å²) in [5.41, 5.74) is 4.59. The third-order valence-electron chi connectivity index (χ3n) is 1.78. The molecule has 1 fully saturated rings. The second kappa shape index (κ2) is 4.48. The molecular weight excluding hydrogens is 198 g/mol. The number of hydrogen-bond donors (Lipinski definition) is 3. The molecule has 1 aliphatic heterocycles. The van der Waals surface area contributed by atoms with Crippen molar-refractivity contribution in [2.45, 2.75) is 38.8 Å². The van der Waals surface area contributed by atoms with E-state index in [1.807, 2.05) is 0 Å². The molecule has 0 aliphatic carbocycles. The van der Waals surface area contributed by atoms with Crippen LogP contribution in [0.4, 0.5) is 4.79 Å². The fourth-order valence-electron chi connectivity index (χ4n) is 1.17. The Morgan fingerprint density at radius 3 is 2.73 bits per heavy atom. The van der Waals surface area contributed by atoms with E-state index in [2.05, 4.69) is 16.2 Å². The van der Waals surface area contributed by atoms with Crippen LogP contribution < -0.4 is 16.2 Å². The highest BCUT2D eigenvalue weighted by molar-refractivity contribution is 5.85. The molecule has 1 saturated heterocycles. The van der Waals surface area contributed by atoms with Gasteiger partial charge in [0.2, 0.25) is 0 Å². The minimum absolute atomic E-state index is 0.243. The Labute approximate surface area is 88.7 Å².